The number of nitrogen functional groups attached to an aromatic ring is 1. The van der Waals surface area contributed by atoms with E-state index in [2.05, 4.69) is 29.1 Å². The predicted molar refractivity (Wildman–Crippen MR) is 60.1 cm³/mol. The zero-order chi connectivity index (χ0) is 10.1. The summed E-state index contributed by atoms with van der Waals surface area (Å²) < 4.78 is 2.17. The second-order valence-electron chi connectivity index (χ2n) is 3.54. The Bertz CT molecular complexity index is 457. The minimum atomic E-state index is 0.815. The quantitative estimate of drug-likeness (QED) is 0.703. The van der Waals surface area contributed by atoms with Crippen LogP contribution >= 0.6 is 0 Å². The van der Waals surface area contributed by atoms with Crippen molar-refractivity contribution >= 4 is 16.6 Å². The molecule has 0 aliphatic carbocycles. The summed E-state index contributed by atoms with van der Waals surface area (Å²) in [5.74, 6) is 0. The lowest BCUT2D eigenvalue weighted by Gasteiger charge is -2.02. The van der Waals surface area contributed by atoms with E-state index in [1.807, 2.05) is 19.2 Å². The minimum absolute atomic E-state index is 0.815. The van der Waals surface area contributed by atoms with Gasteiger partial charge in [-0.1, -0.05) is 6.07 Å². The fourth-order valence-corrected chi connectivity index (χ4v) is 1.76. The molecule has 2 rings (SSSR count). The van der Waals surface area contributed by atoms with Crippen LogP contribution in [0.15, 0.2) is 24.3 Å². The fourth-order valence-electron chi connectivity index (χ4n) is 1.76. The fraction of sp³-hybridized carbons (Fsp3) is 0.273. The first-order valence-corrected chi connectivity index (χ1v) is 4.71. The van der Waals surface area contributed by atoms with Gasteiger partial charge in [-0.15, -0.1) is 0 Å². The van der Waals surface area contributed by atoms with E-state index in [4.69, 9.17) is 5.73 Å². The van der Waals surface area contributed by atoms with E-state index in [1.165, 1.54) is 16.6 Å². The van der Waals surface area contributed by atoms with Crippen LogP contribution in [0.2, 0.25) is 0 Å². The summed E-state index contributed by atoms with van der Waals surface area (Å²) in [5.41, 5.74) is 9.02. The van der Waals surface area contributed by atoms with Crippen molar-refractivity contribution in [2.45, 2.75) is 6.54 Å². The van der Waals surface area contributed by atoms with Gasteiger partial charge in [-0.05, 0) is 25.2 Å². The first kappa shape index (κ1) is 9.09. The van der Waals surface area contributed by atoms with Crippen LogP contribution in [0.25, 0.3) is 10.9 Å². The molecule has 0 atom stereocenters. The van der Waals surface area contributed by atoms with Crippen LogP contribution in [0.4, 0.5) is 5.69 Å². The molecular formula is C11H15N3. The molecule has 1 aromatic carbocycles. The molecule has 0 saturated carbocycles. The number of rotatable bonds is 2. The zero-order valence-corrected chi connectivity index (χ0v) is 8.54. The van der Waals surface area contributed by atoms with Gasteiger partial charge in [0.05, 0.1) is 5.52 Å². The van der Waals surface area contributed by atoms with Crippen molar-refractivity contribution in [2.75, 3.05) is 12.8 Å². The van der Waals surface area contributed by atoms with E-state index < -0.39 is 0 Å². The maximum Gasteiger partial charge on any atom is 0.0500 e. The number of hydrogen-bond donors (Lipinski definition) is 2. The van der Waals surface area contributed by atoms with Gasteiger partial charge in [0.15, 0.2) is 0 Å². The average molecular weight is 189 g/mol. The molecule has 0 unspecified atom stereocenters. The predicted octanol–water partition coefficient (Wildman–Crippen LogP) is 1.48. The number of anilines is 1. The maximum absolute atomic E-state index is 5.75. The second-order valence-corrected chi connectivity index (χ2v) is 3.54. The summed E-state index contributed by atoms with van der Waals surface area (Å²) in [6, 6.07) is 8.19. The maximum atomic E-state index is 5.75. The Morgan fingerprint density at radius 2 is 2.14 bits per heavy atom. The van der Waals surface area contributed by atoms with Crippen molar-refractivity contribution in [1.82, 2.24) is 9.88 Å². The number of nitrogens with one attached hydrogen (secondary N) is 1. The van der Waals surface area contributed by atoms with Gasteiger partial charge in [0, 0.05) is 30.4 Å². The molecule has 0 fully saturated rings. The third-order valence-electron chi connectivity index (χ3n) is 2.53. The van der Waals surface area contributed by atoms with Crippen LogP contribution in [0.5, 0.6) is 0 Å². The highest BCUT2D eigenvalue weighted by molar-refractivity contribution is 5.84. The Morgan fingerprint density at radius 3 is 2.86 bits per heavy atom. The van der Waals surface area contributed by atoms with E-state index in [9.17, 15) is 0 Å². The normalized spacial score (nSPS) is 11.0. The van der Waals surface area contributed by atoms with E-state index >= 15 is 0 Å². The van der Waals surface area contributed by atoms with E-state index in [0.717, 1.165) is 12.2 Å². The Morgan fingerprint density at radius 1 is 1.36 bits per heavy atom. The molecule has 0 aliphatic rings. The van der Waals surface area contributed by atoms with Gasteiger partial charge in [-0.2, -0.15) is 0 Å². The van der Waals surface area contributed by atoms with Crippen LogP contribution in [-0.4, -0.2) is 11.6 Å². The lowest BCUT2D eigenvalue weighted by molar-refractivity contribution is 0.745. The van der Waals surface area contributed by atoms with Gasteiger partial charge in [0.2, 0.25) is 0 Å². The highest BCUT2D eigenvalue weighted by atomic mass is 15.0. The van der Waals surface area contributed by atoms with Gasteiger partial charge in [-0.3, -0.25) is 0 Å². The van der Waals surface area contributed by atoms with Crippen molar-refractivity contribution in [3.63, 3.8) is 0 Å². The zero-order valence-electron chi connectivity index (χ0n) is 8.54. The molecule has 3 N–H and O–H groups in total. The van der Waals surface area contributed by atoms with Crippen LogP contribution < -0.4 is 11.1 Å². The molecule has 1 heterocycles. The Balaban J connectivity index is 2.62. The highest BCUT2D eigenvalue weighted by Crippen LogP contribution is 2.20. The molecule has 0 saturated heterocycles. The lowest BCUT2D eigenvalue weighted by Crippen LogP contribution is -2.08. The standard InChI is InChI=1S/C11H15N3/c1-13-7-10-5-8-3-4-9(12)6-11(8)14(10)2/h3-6,13H,7,12H2,1-2H3. The molecule has 0 bridgehead atoms. The summed E-state index contributed by atoms with van der Waals surface area (Å²) in [6.45, 7) is 0.880. The molecule has 2 aromatic rings. The minimum Gasteiger partial charge on any atom is -0.399 e. The first-order valence-electron chi connectivity index (χ1n) is 4.71. The van der Waals surface area contributed by atoms with Crippen LogP contribution in [0.3, 0.4) is 0 Å². The Hall–Kier alpha value is -1.48. The molecule has 74 valence electrons. The smallest absolute Gasteiger partial charge is 0.0500 e. The number of fused-ring (bicyclic) bond motifs is 1. The third kappa shape index (κ3) is 1.36. The number of nitrogens with two attached hydrogens (primary N) is 1. The summed E-state index contributed by atoms with van der Waals surface area (Å²) in [6.07, 6.45) is 0. The van der Waals surface area contributed by atoms with Gasteiger partial charge in [0.1, 0.15) is 0 Å². The highest BCUT2D eigenvalue weighted by Gasteiger charge is 2.04. The van der Waals surface area contributed by atoms with E-state index in [-0.39, 0.29) is 0 Å². The molecule has 1 aromatic heterocycles. The second kappa shape index (κ2) is 3.35. The van der Waals surface area contributed by atoms with Crippen molar-refractivity contribution in [1.29, 1.82) is 0 Å². The third-order valence-corrected chi connectivity index (χ3v) is 2.53. The van der Waals surface area contributed by atoms with Crippen LogP contribution in [0.1, 0.15) is 5.69 Å². The van der Waals surface area contributed by atoms with Gasteiger partial charge in [0.25, 0.3) is 0 Å². The number of benzene rings is 1. The molecule has 0 radical (unpaired) electrons. The van der Waals surface area contributed by atoms with Crippen molar-refractivity contribution in [3.05, 3.63) is 30.0 Å². The molecule has 14 heavy (non-hydrogen) atoms. The number of nitrogens with zero attached hydrogens (tertiary/aromatic N) is 1. The first-order chi connectivity index (χ1) is 6.72. The van der Waals surface area contributed by atoms with Crippen molar-refractivity contribution < 1.29 is 0 Å². The average Bonchev–Trinajstić information content (AvgIpc) is 2.46. The van der Waals surface area contributed by atoms with Crippen LogP contribution in [0, 0.1) is 0 Å². The number of aromatic nitrogens is 1. The Kier molecular flexibility index (Phi) is 2.17. The molecule has 3 nitrogen and oxygen atoms in total. The molecule has 0 amide bonds. The van der Waals surface area contributed by atoms with Crippen molar-refractivity contribution in [2.24, 2.45) is 7.05 Å². The van der Waals surface area contributed by atoms with E-state index in [0.29, 0.717) is 0 Å². The lowest BCUT2D eigenvalue weighted by atomic mass is 10.2. The molecular weight excluding hydrogens is 174 g/mol. The summed E-state index contributed by atoms with van der Waals surface area (Å²) in [4.78, 5) is 0. The number of aryl methyl sites for hydroxylation is 1. The molecule has 0 spiro atoms. The van der Waals surface area contributed by atoms with Crippen LogP contribution in [-0.2, 0) is 13.6 Å². The van der Waals surface area contributed by atoms with Gasteiger partial charge in [-0.25, -0.2) is 0 Å². The summed E-state index contributed by atoms with van der Waals surface area (Å²) >= 11 is 0. The number of hydrogen-bond acceptors (Lipinski definition) is 2. The topological polar surface area (TPSA) is 43.0 Å². The monoisotopic (exact) mass is 189 g/mol. The SMILES string of the molecule is CNCc1cc2ccc(N)cc2n1C. The largest absolute Gasteiger partial charge is 0.399 e. The van der Waals surface area contributed by atoms with E-state index in [1.54, 1.807) is 0 Å². The van der Waals surface area contributed by atoms with Crippen molar-refractivity contribution in [3.8, 4) is 0 Å². The summed E-state index contributed by atoms with van der Waals surface area (Å²) in [5, 5.41) is 4.39. The molecule has 3 heteroatoms. The van der Waals surface area contributed by atoms with Gasteiger partial charge >= 0.3 is 0 Å². The van der Waals surface area contributed by atoms with Gasteiger partial charge < -0.3 is 15.6 Å². The summed E-state index contributed by atoms with van der Waals surface area (Å²) in [7, 11) is 4.01. The molecule has 0 aliphatic heterocycles. The Labute approximate surface area is 83.5 Å².